The lowest BCUT2D eigenvalue weighted by Gasteiger charge is -2.37. The lowest BCUT2D eigenvalue weighted by Crippen LogP contribution is -2.51. The molecule has 32 heavy (non-hydrogen) atoms. The maximum Gasteiger partial charge on any atom is 0.165 e. The third-order valence-corrected chi connectivity index (χ3v) is 6.46. The van der Waals surface area contributed by atoms with Gasteiger partial charge in [0.1, 0.15) is 5.82 Å². The summed E-state index contributed by atoms with van der Waals surface area (Å²) in [6, 6.07) is 9.53. The number of aromatic nitrogens is 4. The predicted molar refractivity (Wildman–Crippen MR) is 125 cm³/mol. The molecule has 1 atom stereocenters. The summed E-state index contributed by atoms with van der Waals surface area (Å²) in [5.41, 5.74) is 9.37. The second kappa shape index (κ2) is 8.42. The number of anilines is 1. The minimum Gasteiger partial charge on any atom is -0.389 e. The molecule has 8 nitrogen and oxygen atoms in total. The van der Waals surface area contributed by atoms with Crippen LogP contribution in [-0.2, 0) is 0 Å². The Kier molecular flexibility index (Phi) is 5.46. The number of rotatable bonds is 7. The molecule has 0 aliphatic carbocycles. The van der Waals surface area contributed by atoms with E-state index in [0.717, 1.165) is 16.1 Å². The minimum absolute atomic E-state index is 0.0250. The molecule has 4 aromatic heterocycles. The number of hydrogen-bond donors (Lipinski definition) is 2. The van der Waals surface area contributed by atoms with Crippen molar-refractivity contribution in [2.24, 2.45) is 5.73 Å². The first-order valence-corrected chi connectivity index (χ1v) is 11.5. The van der Waals surface area contributed by atoms with Gasteiger partial charge in [-0.2, -0.15) is 5.10 Å². The van der Waals surface area contributed by atoms with Gasteiger partial charge in [-0.3, -0.25) is 4.79 Å². The van der Waals surface area contributed by atoms with Gasteiger partial charge in [-0.15, -0.1) is 11.3 Å². The molecule has 0 aromatic carbocycles. The second-order valence-electron chi connectivity index (χ2n) is 8.21. The van der Waals surface area contributed by atoms with Crippen LogP contribution in [-0.4, -0.2) is 55.7 Å². The van der Waals surface area contributed by atoms with Crippen LogP contribution in [0.2, 0.25) is 0 Å². The number of ketones is 1. The molecule has 1 aliphatic heterocycles. The van der Waals surface area contributed by atoms with Crippen LogP contribution in [0.25, 0.3) is 27.5 Å². The van der Waals surface area contributed by atoms with Crippen LogP contribution in [0.1, 0.15) is 30.1 Å². The van der Waals surface area contributed by atoms with Gasteiger partial charge >= 0.3 is 0 Å². The van der Waals surface area contributed by atoms with Crippen LogP contribution in [0.5, 0.6) is 0 Å². The molecule has 4 aromatic rings. The van der Waals surface area contributed by atoms with Crippen LogP contribution < -0.4 is 10.6 Å². The summed E-state index contributed by atoms with van der Waals surface area (Å²) in [4.78, 5) is 25.6. The van der Waals surface area contributed by atoms with E-state index in [4.69, 9.17) is 15.7 Å². The fraction of sp³-hybridized carbons (Fsp3) is 0.304. The number of nitrogens with zero attached hydrogens (tertiary/aromatic N) is 5. The van der Waals surface area contributed by atoms with Crippen molar-refractivity contribution in [2.45, 2.75) is 31.9 Å². The Morgan fingerprint density at radius 1 is 1.28 bits per heavy atom. The molecule has 0 radical (unpaired) electrons. The Bertz CT molecular complexity index is 1260. The van der Waals surface area contributed by atoms with E-state index in [9.17, 15) is 9.90 Å². The van der Waals surface area contributed by atoms with E-state index in [2.05, 4.69) is 5.10 Å². The Morgan fingerprint density at radius 2 is 2.12 bits per heavy atom. The van der Waals surface area contributed by atoms with E-state index in [1.807, 2.05) is 41.6 Å². The van der Waals surface area contributed by atoms with Crippen molar-refractivity contribution in [3.8, 4) is 21.8 Å². The molecule has 1 fully saturated rings. The molecule has 1 saturated heterocycles. The summed E-state index contributed by atoms with van der Waals surface area (Å²) >= 11 is 1.63. The number of carbonyl (C=O) groups is 1. The number of nitrogens with two attached hydrogens (primary N) is 1. The number of fused-ring (bicyclic) bond motifs is 1. The maximum absolute atomic E-state index is 12.9. The van der Waals surface area contributed by atoms with Gasteiger partial charge < -0.3 is 15.7 Å². The number of Topliss-reactive ketones (excluding diaryl/α,β-unsaturated/α-hetero) is 1. The van der Waals surface area contributed by atoms with E-state index >= 15 is 0 Å². The van der Waals surface area contributed by atoms with Gasteiger partial charge in [0.25, 0.3) is 0 Å². The van der Waals surface area contributed by atoms with E-state index in [-0.39, 0.29) is 17.9 Å². The third-order valence-electron chi connectivity index (χ3n) is 5.57. The van der Waals surface area contributed by atoms with Crippen LogP contribution in [0.15, 0.2) is 48.1 Å². The fourth-order valence-corrected chi connectivity index (χ4v) is 4.43. The molecule has 0 bridgehead atoms. The molecule has 5 rings (SSSR count). The summed E-state index contributed by atoms with van der Waals surface area (Å²) in [7, 11) is 0. The van der Waals surface area contributed by atoms with Crippen molar-refractivity contribution >= 4 is 28.6 Å². The lowest BCUT2D eigenvalue weighted by atomic mass is 10.0. The Hall–Kier alpha value is -3.14. The molecular formula is C23H24N6O2S. The molecule has 0 spiro atoms. The average Bonchev–Trinajstić information content (AvgIpc) is 3.44. The first-order valence-electron chi connectivity index (χ1n) is 10.6. The number of thiophene rings is 1. The largest absolute Gasteiger partial charge is 0.389 e. The Labute approximate surface area is 189 Å². The van der Waals surface area contributed by atoms with E-state index in [1.165, 1.54) is 0 Å². The molecule has 164 valence electrons. The number of aliphatic hydroxyl groups is 1. The van der Waals surface area contributed by atoms with Crippen molar-refractivity contribution < 1.29 is 9.90 Å². The van der Waals surface area contributed by atoms with E-state index in [0.29, 0.717) is 48.7 Å². The van der Waals surface area contributed by atoms with Crippen molar-refractivity contribution in [3.63, 3.8) is 0 Å². The quantitative estimate of drug-likeness (QED) is 0.418. The maximum atomic E-state index is 12.9. The number of aliphatic hydroxyl groups excluding tert-OH is 1. The van der Waals surface area contributed by atoms with Crippen molar-refractivity contribution in [1.82, 2.24) is 19.6 Å². The zero-order valence-electron chi connectivity index (χ0n) is 17.7. The summed E-state index contributed by atoms with van der Waals surface area (Å²) in [6.07, 6.45) is 4.23. The van der Waals surface area contributed by atoms with Gasteiger partial charge in [-0.05, 0) is 43.0 Å². The molecule has 0 unspecified atom stereocenters. The highest BCUT2D eigenvalue weighted by atomic mass is 32.1. The smallest absolute Gasteiger partial charge is 0.165 e. The molecule has 3 N–H and O–H groups in total. The SMILES string of the molecule is C[C@H](N)CCC(=O)c1cc(-c2cnn3ccc(-c4cccs4)nc23)nc(N2CC(O)C2)c1. The van der Waals surface area contributed by atoms with Gasteiger partial charge in [0.2, 0.25) is 0 Å². The predicted octanol–water partition coefficient (Wildman–Crippen LogP) is 3.01. The van der Waals surface area contributed by atoms with Gasteiger partial charge in [-0.25, -0.2) is 14.5 Å². The zero-order chi connectivity index (χ0) is 22.2. The zero-order valence-corrected chi connectivity index (χ0v) is 18.5. The molecular weight excluding hydrogens is 424 g/mol. The fourth-order valence-electron chi connectivity index (χ4n) is 3.73. The number of pyridine rings is 1. The van der Waals surface area contributed by atoms with Crippen molar-refractivity contribution in [3.05, 3.63) is 53.7 Å². The number of β-amino-alcohol motifs (C(OH)–C–C–N with tert-alkyl or cyclic N) is 1. The van der Waals surface area contributed by atoms with Crippen LogP contribution in [0.3, 0.4) is 0 Å². The molecule has 0 saturated carbocycles. The monoisotopic (exact) mass is 448 g/mol. The highest BCUT2D eigenvalue weighted by Crippen LogP contribution is 2.30. The highest BCUT2D eigenvalue weighted by molar-refractivity contribution is 7.13. The van der Waals surface area contributed by atoms with Crippen LogP contribution in [0.4, 0.5) is 5.82 Å². The van der Waals surface area contributed by atoms with E-state index in [1.54, 1.807) is 34.2 Å². The molecule has 0 amide bonds. The molecule has 9 heteroatoms. The molecule has 5 heterocycles. The highest BCUT2D eigenvalue weighted by Gasteiger charge is 2.27. The first-order chi connectivity index (χ1) is 15.5. The standard InChI is InChI=1S/C23H24N6O2S/c1-14(24)4-5-20(31)15-9-19(26-22(10-15)28-12-16(30)13-28)17-11-25-29-7-6-18(27-23(17)29)21-3-2-8-32-21/h2-3,6-11,14,16,30H,4-5,12-13,24H2,1H3/t14-/m0/s1. The van der Waals surface area contributed by atoms with E-state index < -0.39 is 0 Å². The lowest BCUT2D eigenvalue weighted by molar-refractivity contribution is 0.0978. The summed E-state index contributed by atoms with van der Waals surface area (Å²) < 4.78 is 1.71. The number of hydrogen-bond acceptors (Lipinski definition) is 8. The van der Waals surface area contributed by atoms with Gasteiger partial charge in [0, 0.05) is 37.3 Å². The minimum atomic E-state index is -0.371. The second-order valence-corrected chi connectivity index (χ2v) is 9.16. The van der Waals surface area contributed by atoms with Crippen LogP contribution in [0, 0.1) is 0 Å². The van der Waals surface area contributed by atoms with Gasteiger partial charge in [-0.1, -0.05) is 6.07 Å². The third kappa shape index (κ3) is 4.02. The Morgan fingerprint density at radius 3 is 2.84 bits per heavy atom. The van der Waals surface area contributed by atoms with Crippen molar-refractivity contribution in [1.29, 1.82) is 0 Å². The number of carbonyl (C=O) groups excluding carboxylic acids is 1. The first kappa shape index (κ1) is 20.7. The summed E-state index contributed by atoms with van der Waals surface area (Å²) in [5.74, 6) is 0.697. The average molecular weight is 449 g/mol. The van der Waals surface area contributed by atoms with Crippen molar-refractivity contribution in [2.75, 3.05) is 18.0 Å². The normalized spacial score (nSPS) is 15.2. The Balaban J connectivity index is 1.58. The van der Waals surface area contributed by atoms with Gasteiger partial charge in [0.15, 0.2) is 11.4 Å². The topological polar surface area (TPSA) is 110 Å². The molecule has 1 aliphatic rings. The van der Waals surface area contributed by atoms with Crippen LogP contribution >= 0.6 is 11.3 Å². The summed E-state index contributed by atoms with van der Waals surface area (Å²) in [6.45, 7) is 2.90. The summed E-state index contributed by atoms with van der Waals surface area (Å²) in [5, 5.41) is 16.2. The van der Waals surface area contributed by atoms with Gasteiger partial charge in [0.05, 0.1) is 34.1 Å².